The molecule has 0 bridgehead atoms. The Morgan fingerprint density at radius 2 is 1.79 bits per heavy atom. The van der Waals surface area contributed by atoms with Gasteiger partial charge in [-0.15, -0.1) is 0 Å². The normalized spacial score (nSPS) is 23.9. The number of likely N-dealkylation sites (tertiary alicyclic amines) is 2. The molecule has 0 aliphatic carbocycles. The maximum absolute atomic E-state index is 13.6. The summed E-state index contributed by atoms with van der Waals surface area (Å²) in [4.78, 5) is 45.1. The Balaban J connectivity index is 1.58. The number of carbonyl (C=O) groups is 3. The van der Waals surface area contributed by atoms with Crippen LogP contribution >= 0.6 is 0 Å². The number of rotatable bonds is 13. The average molecular weight is 544 g/mol. The van der Waals surface area contributed by atoms with Gasteiger partial charge in [-0.2, -0.15) is 0 Å². The van der Waals surface area contributed by atoms with Crippen LogP contribution in [0.15, 0.2) is 18.2 Å². The molecule has 3 unspecified atom stereocenters. The van der Waals surface area contributed by atoms with E-state index in [1.165, 1.54) is 0 Å². The molecule has 3 atom stereocenters. The van der Waals surface area contributed by atoms with E-state index in [-0.39, 0.29) is 42.5 Å². The first-order valence-corrected chi connectivity index (χ1v) is 14.6. The predicted molar refractivity (Wildman–Crippen MR) is 148 cm³/mol. The van der Waals surface area contributed by atoms with Crippen LogP contribution in [-0.4, -0.2) is 89.7 Å². The molecule has 9 nitrogen and oxygen atoms in total. The van der Waals surface area contributed by atoms with Crippen LogP contribution in [0.3, 0.4) is 0 Å². The Labute approximate surface area is 232 Å². The topological polar surface area (TPSA) is 99.6 Å². The second-order valence-corrected chi connectivity index (χ2v) is 11.9. The molecule has 0 spiro atoms. The van der Waals surface area contributed by atoms with E-state index >= 15 is 0 Å². The van der Waals surface area contributed by atoms with Gasteiger partial charge in [0, 0.05) is 50.1 Å². The summed E-state index contributed by atoms with van der Waals surface area (Å²) >= 11 is 0. The number of fused-ring (bicyclic) bond motifs is 1. The molecule has 3 aliphatic rings. The molecule has 1 N–H and O–H groups in total. The van der Waals surface area contributed by atoms with Crippen LogP contribution in [0.4, 0.5) is 0 Å². The molecule has 216 valence electrons. The maximum atomic E-state index is 13.6. The summed E-state index contributed by atoms with van der Waals surface area (Å²) in [6.07, 6.45) is 5.22. The molecule has 4 rings (SSSR count). The number of aliphatic carboxylic acids is 1. The van der Waals surface area contributed by atoms with Crippen molar-refractivity contribution in [2.75, 3.05) is 46.1 Å². The second kappa shape index (κ2) is 12.6. The summed E-state index contributed by atoms with van der Waals surface area (Å²) in [6.45, 7) is 11.6. The third-order valence-electron chi connectivity index (χ3n) is 8.68. The molecule has 2 saturated heterocycles. The number of unbranched alkanes of at least 4 members (excludes halogenated alkanes) is 2. The molecule has 1 aromatic rings. The van der Waals surface area contributed by atoms with Crippen LogP contribution in [-0.2, 0) is 14.4 Å². The van der Waals surface area contributed by atoms with E-state index in [9.17, 15) is 19.5 Å². The largest absolute Gasteiger partial charge is 0.481 e. The maximum Gasteiger partial charge on any atom is 0.308 e. The van der Waals surface area contributed by atoms with Crippen LogP contribution in [0.5, 0.6) is 11.5 Å². The van der Waals surface area contributed by atoms with Crippen LogP contribution in [0, 0.1) is 11.3 Å². The molecular weight excluding hydrogens is 498 g/mol. The third kappa shape index (κ3) is 6.51. The second-order valence-electron chi connectivity index (χ2n) is 11.9. The lowest BCUT2D eigenvalue weighted by molar-refractivity contribution is -0.144. The molecule has 0 aromatic heterocycles. The number of hydrogen-bond acceptors (Lipinski definition) is 6. The fraction of sp³-hybridized carbons (Fsp3) is 0.700. The zero-order valence-corrected chi connectivity index (χ0v) is 24.0. The lowest BCUT2D eigenvalue weighted by atomic mass is 9.84. The van der Waals surface area contributed by atoms with Crippen LogP contribution < -0.4 is 9.47 Å². The highest BCUT2D eigenvalue weighted by Crippen LogP contribution is 2.43. The lowest BCUT2D eigenvalue weighted by Gasteiger charge is -2.31. The number of amides is 2. The van der Waals surface area contributed by atoms with Crippen molar-refractivity contribution in [3.63, 3.8) is 0 Å². The van der Waals surface area contributed by atoms with E-state index in [1.54, 1.807) is 0 Å². The number of nitrogens with zero attached hydrogens (tertiary/aromatic N) is 3. The first-order chi connectivity index (χ1) is 18.7. The van der Waals surface area contributed by atoms with Gasteiger partial charge < -0.3 is 24.4 Å². The minimum absolute atomic E-state index is 0.0516. The quantitative estimate of drug-likeness (QED) is 0.402. The number of hydrogen-bond donors (Lipinski definition) is 1. The van der Waals surface area contributed by atoms with E-state index in [1.807, 2.05) is 41.8 Å². The molecule has 2 fully saturated rings. The number of carboxylic acid groups (broad SMARTS) is 1. The Morgan fingerprint density at radius 3 is 2.41 bits per heavy atom. The average Bonchev–Trinajstić information content (AvgIpc) is 3.58. The smallest absolute Gasteiger partial charge is 0.308 e. The summed E-state index contributed by atoms with van der Waals surface area (Å²) in [6, 6.07) is 5.27. The minimum Gasteiger partial charge on any atom is -0.481 e. The molecule has 2 amide bonds. The zero-order valence-electron chi connectivity index (χ0n) is 24.0. The van der Waals surface area contributed by atoms with Gasteiger partial charge in [-0.3, -0.25) is 19.3 Å². The van der Waals surface area contributed by atoms with Crippen molar-refractivity contribution < 1.29 is 29.0 Å². The summed E-state index contributed by atoms with van der Waals surface area (Å²) in [5, 5.41) is 10.5. The van der Waals surface area contributed by atoms with Gasteiger partial charge >= 0.3 is 5.97 Å². The van der Waals surface area contributed by atoms with E-state index in [2.05, 4.69) is 18.7 Å². The Hall–Kier alpha value is -2.81. The van der Waals surface area contributed by atoms with Gasteiger partial charge in [-0.25, -0.2) is 0 Å². The summed E-state index contributed by atoms with van der Waals surface area (Å²) in [5.74, 6) is -0.436. The third-order valence-corrected chi connectivity index (χ3v) is 8.68. The van der Waals surface area contributed by atoms with Crippen LogP contribution in [0.2, 0.25) is 0 Å². The predicted octanol–water partition coefficient (Wildman–Crippen LogP) is 3.96. The van der Waals surface area contributed by atoms with Crippen molar-refractivity contribution in [2.24, 2.45) is 11.3 Å². The first kappa shape index (κ1) is 29.2. The lowest BCUT2D eigenvalue weighted by Crippen LogP contribution is -2.46. The summed E-state index contributed by atoms with van der Waals surface area (Å²) < 4.78 is 11.0. The Bertz CT molecular complexity index is 1040. The number of carbonyl (C=O) groups excluding carboxylic acids is 2. The molecule has 39 heavy (non-hydrogen) atoms. The van der Waals surface area contributed by atoms with Gasteiger partial charge in [0.15, 0.2) is 11.5 Å². The summed E-state index contributed by atoms with van der Waals surface area (Å²) in [7, 11) is 0. The first-order valence-electron chi connectivity index (χ1n) is 14.6. The minimum atomic E-state index is -0.875. The standard InChI is InChI=1S/C30H45N3O6/c1-5-7-13-31(14-8-6-2)26(34)19-33-18-22(21-9-10-24-25(17-21)39-20-38-24)27(28(35)36)23(33)11-15-32-16-12-30(3,4)29(32)37/h9-10,17,22-23,27H,5-8,11-16,18-20H2,1-4H3,(H,35,36). The summed E-state index contributed by atoms with van der Waals surface area (Å²) in [5.41, 5.74) is 0.491. The molecule has 9 heteroatoms. The molecule has 0 radical (unpaired) electrons. The Kier molecular flexibility index (Phi) is 9.41. The van der Waals surface area contributed by atoms with Crippen molar-refractivity contribution in [1.82, 2.24) is 14.7 Å². The van der Waals surface area contributed by atoms with Crippen molar-refractivity contribution in [1.29, 1.82) is 0 Å². The molecule has 3 aliphatic heterocycles. The van der Waals surface area contributed by atoms with Gasteiger partial charge in [0.05, 0.1) is 12.5 Å². The highest BCUT2D eigenvalue weighted by atomic mass is 16.7. The van der Waals surface area contributed by atoms with Gasteiger partial charge in [0.25, 0.3) is 0 Å². The molecular formula is C30H45N3O6. The van der Waals surface area contributed by atoms with E-state index in [0.717, 1.165) is 50.8 Å². The van der Waals surface area contributed by atoms with Crippen molar-refractivity contribution in [2.45, 2.75) is 78.2 Å². The van der Waals surface area contributed by atoms with Gasteiger partial charge in [-0.1, -0.05) is 46.6 Å². The Morgan fingerprint density at radius 1 is 1.10 bits per heavy atom. The molecule has 1 aromatic carbocycles. The highest BCUT2D eigenvalue weighted by Gasteiger charge is 2.48. The molecule has 0 saturated carbocycles. The van der Waals surface area contributed by atoms with Gasteiger partial charge in [0.2, 0.25) is 18.6 Å². The zero-order chi connectivity index (χ0) is 28.2. The van der Waals surface area contributed by atoms with Crippen molar-refractivity contribution >= 4 is 17.8 Å². The fourth-order valence-corrected chi connectivity index (χ4v) is 6.22. The van der Waals surface area contributed by atoms with Gasteiger partial charge in [0.1, 0.15) is 0 Å². The monoisotopic (exact) mass is 543 g/mol. The van der Waals surface area contributed by atoms with Crippen molar-refractivity contribution in [3.05, 3.63) is 23.8 Å². The molecule has 3 heterocycles. The number of carboxylic acids is 1. The highest BCUT2D eigenvalue weighted by molar-refractivity contribution is 5.84. The SMILES string of the molecule is CCCCN(CCCC)C(=O)CN1CC(c2ccc3c(c2)OCO3)C(C(=O)O)C1CCN1CCC(C)(C)C1=O. The fourth-order valence-electron chi connectivity index (χ4n) is 6.22. The number of ether oxygens (including phenoxy) is 2. The number of benzene rings is 1. The van der Waals surface area contributed by atoms with E-state index in [0.29, 0.717) is 37.6 Å². The van der Waals surface area contributed by atoms with Gasteiger partial charge in [-0.05, 0) is 43.4 Å². The van der Waals surface area contributed by atoms with Crippen LogP contribution in [0.1, 0.15) is 77.7 Å². The van der Waals surface area contributed by atoms with E-state index in [4.69, 9.17) is 9.47 Å². The van der Waals surface area contributed by atoms with Crippen LogP contribution in [0.25, 0.3) is 0 Å². The van der Waals surface area contributed by atoms with E-state index < -0.39 is 11.9 Å². The van der Waals surface area contributed by atoms with Crippen molar-refractivity contribution in [3.8, 4) is 11.5 Å².